The molecule has 0 aromatic carbocycles. The quantitative estimate of drug-likeness (QED) is 0.0525. The number of rotatable bonds is 29. The van der Waals surface area contributed by atoms with E-state index in [1.54, 1.807) is 0 Å². The zero-order valence-electron chi connectivity index (χ0n) is 25.0. The van der Waals surface area contributed by atoms with E-state index >= 15 is 0 Å². The molecule has 1 amide bonds. The van der Waals surface area contributed by atoms with Crippen molar-refractivity contribution in [1.82, 2.24) is 16.0 Å². The molecule has 0 fully saturated rings. The molecule has 13 heteroatoms. The van der Waals surface area contributed by atoms with Crippen LogP contribution in [0.4, 0.5) is 4.79 Å². The van der Waals surface area contributed by atoms with E-state index in [4.69, 9.17) is 29.2 Å². The first-order chi connectivity index (χ1) is 19.3. The van der Waals surface area contributed by atoms with Crippen molar-refractivity contribution in [3.05, 3.63) is 10.4 Å². The summed E-state index contributed by atoms with van der Waals surface area (Å²) >= 11 is 0. The van der Waals surface area contributed by atoms with Gasteiger partial charge in [0.1, 0.15) is 11.4 Å². The van der Waals surface area contributed by atoms with Crippen LogP contribution in [-0.4, -0.2) is 110 Å². The number of carbonyl (C=O) groups excluding carboxylic acids is 2. The van der Waals surface area contributed by atoms with Crippen molar-refractivity contribution in [3.8, 4) is 0 Å². The lowest BCUT2D eigenvalue weighted by molar-refractivity contribution is -0.120. The average molecular weight is 575 g/mol. The highest BCUT2D eigenvalue weighted by atomic mass is 16.6. The standard InChI is InChI=1S/C27H54N6O7/c1-27(2,3)40-26(35)31-15-8-14-30-13-7-6-12-29-11-5-4-9-25(34)10-17-36-19-21-38-23-24-39-22-20-37-18-16-32-33-28/h29-30H,4-24H2,1-3H3,(H,31,35). The summed E-state index contributed by atoms with van der Waals surface area (Å²) in [6.45, 7) is 13.8. The van der Waals surface area contributed by atoms with Gasteiger partial charge in [-0.05, 0) is 84.6 Å². The molecule has 0 rings (SSSR count). The number of nitrogens with one attached hydrogen (secondary N) is 3. The van der Waals surface area contributed by atoms with Crippen LogP contribution in [0, 0.1) is 0 Å². The molecule has 0 atom stereocenters. The maximum Gasteiger partial charge on any atom is 0.407 e. The lowest BCUT2D eigenvalue weighted by Crippen LogP contribution is -2.34. The molecule has 3 N–H and O–H groups in total. The van der Waals surface area contributed by atoms with Gasteiger partial charge in [-0.1, -0.05) is 5.11 Å². The minimum Gasteiger partial charge on any atom is -0.444 e. The molecular formula is C27H54N6O7. The smallest absolute Gasteiger partial charge is 0.407 e. The van der Waals surface area contributed by atoms with E-state index < -0.39 is 5.60 Å². The average Bonchev–Trinajstić information content (AvgIpc) is 2.90. The van der Waals surface area contributed by atoms with Crippen LogP contribution in [0.2, 0.25) is 0 Å². The van der Waals surface area contributed by atoms with Crippen molar-refractivity contribution in [3.63, 3.8) is 0 Å². The Morgan fingerprint density at radius 1 is 0.675 bits per heavy atom. The molecule has 0 aromatic heterocycles. The molecule has 0 saturated carbocycles. The third-order valence-corrected chi connectivity index (χ3v) is 5.25. The fraction of sp³-hybridized carbons (Fsp3) is 0.926. The van der Waals surface area contributed by atoms with Crippen molar-refractivity contribution >= 4 is 11.9 Å². The van der Waals surface area contributed by atoms with Crippen molar-refractivity contribution in [2.24, 2.45) is 5.11 Å². The largest absolute Gasteiger partial charge is 0.444 e. The summed E-state index contributed by atoms with van der Waals surface area (Å²) in [5.41, 5.74) is 7.67. The Kier molecular flexibility index (Phi) is 27.1. The number of amides is 1. The van der Waals surface area contributed by atoms with Gasteiger partial charge in [-0.3, -0.25) is 4.79 Å². The summed E-state index contributed by atoms with van der Waals surface area (Å²) in [5, 5.41) is 12.9. The molecule has 0 bridgehead atoms. The minimum atomic E-state index is -0.464. The van der Waals surface area contributed by atoms with Gasteiger partial charge in [0.25, 0.3) is 0 Å². The van der Waals surface area contributed by atoms with Crippen LogP contribution in [0.1, 0.15) is 65.7 Å². The number of unbranched alkanes of at least 4 members (excludes halogenated alkanes) is 2. The SMILES string of the molecule is CC(C)(C)OC(=O)NCCCNCCCCNCCCCC(=O)CCOCCOCCOCCOCCN=[N+]=[N-]. The van der Waals surface area contributed by atoms with Gasteiger partial charge in [-0.25, -0.2) is 4.79 Å². The van der Waals surface area contributed by atoms with Gasteiger partial charge in [-0.2, -0.15) is 0 Å². The number of Topliss-reactive ketones (excluding diaryl/α,β-unsaturated/α-hetero) is 1. The van der Waals surface area contributed by atoms with Gasteiger partial charge in [0.2, 0.25) is 0 Å². The highest BCUT2D eigenvalue weighted by Gasteiger charge is 2.15. The second-order valence-corrected chi connectivity index (χ2v) is 10.1. The highest BCUT2D eigenvalue weighted by Crippen LogP contribution is 2.06. The first kappa shape index (κ1) is 38.0. The lowest BCUT2D eigenvalue weighted by Gasteiger charge is -2.19. The van der Waals surface area contributed by atoms with E-state index in [1.165, 1.54) is 0 Å². The molecule has 0 heterocycles. The Morgan fingerprint density at radius 2 is 1.18 bits per heavy atom. The minimum absolute atomic E-state index is 0.239. The third kappa shape index (κ3) is 32.2. The summed E-state index contributed by atoms with van der Waals surface area (Å²) in [5.74, 6) is 0.239. The molecule has 234 valence electrons. The second-order valence-electron chi connectivity index (χ2n) is 10.1. The summed E-state index contributed by atoms with van der Waals surface area (Å²) in [7, 11) is 0. The predicted octanol–water partition coefficient (Wildman–Crippen LogP) is 3.37. The molecule has 40 heavy (non-hydrogen) atoms. The van der Waals surface area contributed by atoms with Crippen LogP contribution in [0.15, 0.2) is 5.11 Å². The van der Waals surface area contributed by atoms with Crippen molar-refractivity contribution in [2.45, 2.75) is 71.3 Å². The van der Waals surface area contributed by atoms with E-state index in [9.17, 15) is 9.59 Å². The zero-order chi connectivity index (χ0) is 29.6. The van der Waals surface area contributed by atoms with Gasteiger partial charge in [0, 0.05) is 30.8 Å². The number of ketones is 1. The molecule has 0 radical (unpaired) electrons. The van der Waals surface area contributed by atoms with E-state index in [-0.39, 0.29) is 11.9 Å². The predicted molar refractivity (Wildman–Crippen MR) is 155 cm³/mol. The van der Waals surface area contributed by atoms with Crippen LogP contribution in [-0.2, 0) is 28.5 Å². The zero-order valence-corrected chi connectivity index (χ0v) is 25.0. The lowest BCUT2D eigenvalue weighted by atomic mass is 10.1. The summed E-state index contributed by atoms with van der Waals surface area (Å²) in [6.07, 6.45) is 5.64. The number of carbonyl (C=O) groups is 2. The molecular weight excluding hydrogens is 520 g/mol. The Morgan fingerprint density at radius 3 is 1.73 bits per heavy atom. The summed E-state index contributed by atoms with van der Waals surface area (Å²) in [4.78, 5) is 26.1. The van der Waals surface area contributed by atoms with Gasteiger partial charge in [0.15, 0.2) is 0 Å². The number of azide groups is 1. The van der Waals surface area contributed by atoms with E-state index in [0.29, 0.717) is 78.8 Å². The monoisotopic (exact) mass is 574 g/mol. The maximum absolute atomic E-state index is 12.0. The molecule has 0 saturated heterocycles. The Labute approximate surface area is 240 Å². The van der Waals surface area contributed by atoms with Crippen LogP contribution < -0.4 is 16.0 Å². The number of alkyl carbamates (subject to hydrolysis) is 1. The Balaban J connectivity index is 3.23. The van der Waals surface area contributed by atoms with E-state index in [0.717, 1.165) is 58.3 Å². The normalized spacial score (nSPS) is 11.3. The Bertz CT molecular complexity index is 658. The fourth-order valence-corrected chi connectivity index (χ4v) is 3.26. The number of hydrogen-bond donors (Lipinski definition) is 3. The van der Waals surface area contributed by atoms with Crippen LogP contribution in [0.5, 0.6) is 0 Å². The van der Waals surface area contributed by atoms with Gasteiger partial charge in [-0.15, -0.1) is 0 Å². The number of hydrogen-bond acceptors (Lipinski definition) is 10. The van der Waals surface area contributed by atoms with Crippen molar-refractivity contribution in [2.75, 3.05) is 92.1 Å². The number of ether oxygens (including phenoxy) is 5. The third-order valence-electron chi connectivity index (χ3n) is 5.25. The summed E-state index contributed by atoms with van der Waals surface area (Å²) in [6, 6.07) is 0. The maximum atomic E-state index is 12.0. The number of nitrogens with zero attached hydrogens (tertiary/aromatic N) is 3. The molecule has 0 aliphatic rings. The molecule has 0 aliphatic carbocycles. The van der Waals surface area contributed by atoms with Crippen LogP contribution >= 0.6 is 0 Å². The second kappa shape index (κ2) is 28.5. The van der Waals surface area contributed by atoms with Crippen molar-refractivity contribution in [1.29, 1.82) is 0 Å². The topological polar surface area (TPSA) is 165 Å². The summed E-state index contributed by atoms with van der Waals surface area (Å²) < 4.78 is 26.6. The van der Waals surface area contributed by atoms with Gasteiger partial charge in [0.05, 0.1) is 52.9 Å². The Hall–Kier alpha value is -1.99. The molecule has 13 nitrogen and oxygen atoms in total. The molecule has 0 spiro atoms. The van der Waals surface area contributed by atoms with Crippen LogP contribution in [0.3, 0.4) is 0 Å². The van der Waals surface area contributed by atoms with E-state index in [2.05, 4.69) is 26.0 Å². The van der Waals surface area contributed by atoms with Crippen LogP contribution in [0.25, 0.3) is 10.4 Å². The molecule has 0 aromatic rings. The highest BCUT2D eigenvalue weighted by molar-refractivity contribution is 5.78. The van der Waals surface area contributed by atoms with Gasteiger partial charge >= 0.3 is 6.09 Å². The molecule has 0 aliphatic heterocycles. The fourth-order valence-electron chi connectivity index (χ4n) is 3.26. The van der Waals surface area contributed by atoms with Crippen molar-refractivity contribution < 1.29 is 33.3 Å². The van der Waals surface area contributed by atoms with Gasteiger partial charge < -0.3 is 39.6 Å². The first-order valence-electron chi connectivity index (χ1n) is 14.6. The first-order valence-corrected chi connectivity index (χ1v) is 14.6. The van der Waals surface area contributed by atoms with E-state index in [1.807, 2.05) is 20.8 Å². The molecule has 0 unspecified atom stereocenters.